The fraction of sp³-hybridized carbons (Fsp3) is 0.100. The number of rotatable bonds is 1. The van der Waals surface area contributed by atoms with Crippen molar-refractivity contribution in [3.05, 3.63) is 42.4 Å². The van der Waals surface area contributed by atoms with E-state index in [1.165, 1.54) is 24.7 Å². The van der Waals surface area contributed by atoms with Crippen LogP contribution >= 0.6 is 0 Å². The molecular formula is C10H7F3N2. The van der Waals surface area contributed by atoms with Crippen LogP contribution in [0.3, 0.4) is 0 Å². The van der Waals surface area contributed by atoms with Gasteiger partial charge in [0.2, 0.25) is 0 Å². The van der Waals surface area contributed by atoms with Gasteiger partial charge < -0.3 is 4.98 Å². The van der Waals surface area contributed by atoms with E-state index < -0.39 is 11.7 Å². The third kappa shape index (κ3) is 1.86. The van der Waals surface area contributed by atoms with Crippen molar-refractivity contribution in [2.45, 2.75) is 6.18 Å². The first-order valence-electron chi connectivity index (χ1n) is 4.24. The zero-order chi connectivity index (χ0) is 10.9. The molecule has 0 saturated carbocycles. The van der Waals surface area contributed by atoms with Crippen LogP contribution in [-0.2, 0) is 6.18 Å². The highest BCUT2D eigenvalue weighted by molar-refractivity contribution is 5.63. The minimum Gasteiger partial charge on any atom is -0.345 e. The maximum atomic E-state index is 12.6. The van der Waals surface area contributed by atoms with Crippen LogP contribution in [0.2, 0.25) is 0 Å². The van der Waals surface area contributed by atoms with E-state index in [2.05, 4.69) is 9.97 Å². The molecule has 0 radical (unpaired) electrons. The van der Waals surface area contributed by atoms with E-state index in [0.29, 0.717) is 5.69 Å². The molecule has 2 aromatic rings. The molecule has 1 heterocycles. The number of aromatic nitrogens is 2. The Labute approximate surface area is 83.8 Å². The largest absolute Gasteiger partial charge is 0.417 e. The van der Waals surface area contributed by atoms with Gasteiger partial charge in [-0.3, -0.25) is 0 Å². The Bertz CT molecular complexity index is 446. The Morgan fingerprint density at radius 1 is 1.13 bits per heavy atom. The van der Waals surface area contributed by atoms with Crippen LogP contribution in [0.5, 0.6) is 0 Å². The molecule has 0 unspecified atom stereocenters. The predicted octanol–water partition coefficient (Wildman–Crippen LogP) is 3.10. The molecule has 0 spiro atoms. The highest BCUT2D eigenvalue weighted by Crippen LogP contribution is 2.35. The number of H-pyrrole nitrogens is 1. The van der Waals surface area contributed by atoms with Crippen LogP contribution in [0.4, 0.5) is 13.2 Å². The molecule has 2 nitrogen and oxygen atoms in total. The number of imidazole rings is 1. The summed E-state index contributed by atoms with van der Waals surface area (Å²) in [4.78, 5) is 6.35. The summed E-state index contributed by atoms with van der Waals surface area (Å²) in [5, 5.41) is 0. The van der Waals surface area contributed by atoms with E-state index in [1.54, 1.807) is 6.07 Å². The van der Waals surface area contributed by atoms with Crippen molar-refractivity contribution < 1.29 is 13.2 Å². The van der Waals surface area contributed by atoms with Gasteiger partial charge in [-0.25, -0.2) is 4.98 Å². The molecule has 5 heteroatoms. The fourth-order valence-electron chi connectivity index (χ4n) is 1.37. The van der Waals surface area contributed by atoms with E-state index in [1.807, 2.05) is 0 Å². The monoisotopic (exact) mass is 212 g/mol. The highest BCUT2D eigenvalue weighted by Gasteiger charge is 2.33. The molecule has 2 rings (SSSR count). The second-order valence-corrected chi connectivity index (χ2v) is 3.01. The summed E-state index contributed by atoms with van der Waals surface area (Å²) in [5.74, 6) is 0. The lowest BCUT2D eigenvalue weighted by Crippen LogP contribution is -2.06. The van der Waals surface area contributed by atoms with Gasteiger partial charge in [0.05, 0.1) is 23.8 Å². The van der Waals surface area contributed by atoms with Crippen molar-refractivity contribution in [1.82, 2.24) is 9.97 Å². The number of nitrogens with one attached hydrogen (secondary N) is 1. The average molecular weight is 212 g/mol. The fourth-order valence-corrected chi connectivity index (χ4v) is 1.37. The number of alkyl halides is 3. The van der Waals surface area contributed by atoms with Gasteiger partial charge in [0.1, 0.15) is 0 Å². The van der Waals surface area contributed by atoms with Gasteiger partial charge in [-0.2, -0.15) is 13.2 Å². The van der Waals surface area contributed by atoms with Crippen LogP contribution in [0.1, 0.15) is 5.56 Å². The summed E-state index contributed by atoms with van der Waals surface area (Å²) in [6.45, 7) is 0. The zero-order valence-corrected chi connectivity index (χ0v) is 7.55. The van der Waals surface area contributed by atoms with Crippen molar-refractivity contribution in [1.29, 1.82) is 0 Å². The Morgan fingerprint density at radius 2 is 1.87 bits per heavy atom. The SMILES string of the molecule is FC(F)(F)c1ccccc1-c1cnc[nH]1. The van der Waals surface area contributed by atoms with Crippen molar-refractivity contribution in [2.24, 2.45) is 0 Å². The van der Waals surface area contributed by atoms with Gasteiger partial charge in [-0.1, -0.05) is 18.2 Å². The molecule has 0 bridgehead atoms. The van der Waals surface area contributed by atoms with Gasteiger partial charge in [0, 0.05) is 5.56 Å². The second kappa shape index (κ2) is 3.42. The van der Waals surface area contributed by atoms with Crippen molar-refractivity contribution in [3.8, 4) is 11.3 Å². The van der Waals surface area contributed by atoms with Gasteiger partial charge in [-0.05, 0) is 6.07 Å². The molecule has 78 valence electrons. The number of hydrogen-bond donors (Lipinski definition) is 1. The van der Waals surface area contributed by atoms with Crippen molar-refractivity contribution in [3.63, 3.8) is 0 Å². The second-order valence-electron chi connectivity index (χ2n) is 3.01. The topological polar surface area (TPSA) is 28.7 Å². The van der Waals surface area contributed by atoms with E-state index in [4.69, 9.17) is 0 Å². The molecule has 0 aliphatic heterocycles. The normalized spacial score (nSPS) is 11.7. The number of aromatic amines is 1. The molecule has 1 aromatic carbocycles. The number of benzene rings is 1. The lowest BCUT2D eigenvalue weighted by Gasteiger charge is -2.10. The van der Waals surface area contributed by atoms with Gasteiger partial charge in [0.15, 0.2) is 0 Å². The van der Waals surface area contributed by atoms with Crippen LogP contribution < -0.4 is 0 Å². The standard InChI is InChI=1S/C10H7F3N2/c11-10(12,13)8-4-2-1-3-7(8)9-5-14-6-15-9/h1-6H,(H,14,15). The summed E-state index contributed by atoms with van der Waals surface area (Å²) in [5.41, 5.74) is -0.181. The maximum absolute atomic E-state index is 12.6. The Morgan fingerprint density at radius 3 is 2.47 bits per heavy atom. The molecule has 1 aromatic heterocycles. The Kier molecular flexibility index (Phi) is 2.22. The van der Waals surface area contributed by atoms with E-state index in [-0.39, 0.29) is 5.56 Å². The third-order valence-corrected chi connectivity index (χ3v) is 2.02. The van der Waals surface area contributed by atoms with Gasteiger partial charge in [0.25, 0.3) is 0 Å². The van der Waals surface area contributed by atoms with Crippen LogP contribution in [0.15, 0.2) is 36.8 Å². The molecule has 0 saturated heterocycles. The highest BCUT2D eigenvalue weighted by atomic mass is 19.4. The first-order chi connectivity index (χ1) is 7.09. The maximum Gasteiger partial charge on any atom is 0.417 e. The molecular weight excluding hydrogens is 205 g/mol. The molecule has 15 heavy (non-hydrogen) atoms. The van der Waals surface area contributed by atoms with Crippen LogP contribution in [0, 0.1) is 0 Å². The summed E-state index contributed by atoms with van der Waals surface area (Å²) in [7, 11) is 0. The minimum atomic E-state index is -4.35. The average Bonchev–Trinajstić information content (AvgIpc) is 2.69. The minimum absolute atomic E-state index is 0.113. The molecule has 0 aliphatic carbocycles. The van der Waals surface area contributed by atoms with E-state index in [9.17, 15) is 13.2 Å². The summed E-state index contributed by atoms with van der Waals surface area (Å²) < 4.78 is 37.8. The Hall–Kier alpha value is -1.78. The van der Waals surface area contributed by atoms with Gasteiger partial charge >= 0.3 is 6.18 Å². The predicted molar refractivity (Wildman–Crippen MR) is 49.0 cm³/mol. The molecule has 0 amide bonds. The lowest BCUT2D eigenvalue weighted by molar-refractivity contribution is -0.137. The molecule has 0 atom stereocenters. The smallest absolute Gasteiger partial charge is 0.345 e. The van der Waals surface area contributed by atoms with Crippen LogP contribution in [0.25, 0.3) is 11.3 Å². The lowest BCUT2D eigenvalue weighted by atomic mass is 10.1. The first-order valence-corrected chi connectivity index (χ1v) is 4.24. The number of nitrogens with zero attached hydrogens (tertiary/aromatic N) is 1. The molecule has 0 fully saturated rings. The molecule has 0 aliphatic rings. The van der Waals surface area contributed by atoms with E-state index in [0.717, 1.165) is 6.07 Å². The number of halogens is 3. The first kappa shape index (κ1) is 9.76. The summed E-state index contributed by atoms with van der Waals surface area (Å²) in [6, 6.07) is 5.39. The Balaban J connectivity index is 2.58. The van der Waals surface area contributed by atoms with Crippen molar-refractivity contribution >= 4 is 0 Å². The third-order valence-electron chi connectivity index (χ3n) is 2.02. The van der Waals surface area contributed by atoms with Gasteiger partial charge in [-0.15, -0.1) is 0 Å². The number of hydrogen-bond acceptors (Lipinski definition) is 1. The summed E-state index contributed by atoms with van der Waals surface area (Å²) >= 11 is 0. The summed E-state index contributed by atoms with van der Waals surface area (Å²) in [6.07, 6.45) is -1.63. The quantitative estimate of drug-likeness (QED) is 0.773. The zero-order valence-electron chi connectivity index (χ0n) is 7.55. The molecule has 1 N–H and O–H groups in total. The van der Waals surface area contributed by atoms with E-state index >= 15 is 0 Å². The van der Waals surface area contributed by atoms with Crippen LogP contribution in [-0.4, -0.2) is 9.97 Å². The van der Waals surface area contributed by atoms with Crippen molar-refractivity contribution in [2.75, 3.05) is 0 Å².